The summed E-state index contributed by atoms with van der Waals surface area (Å²) in [6.07, 6.45) is 0.938. The van der Waals surface area contributed by atoms with E-state index in [-0.39, 0.29) is 5.92 Å². The van der Waals surface area contributed by atoms with Crippen molar-refractivity contribution in [3.63, 3.8) is 0 Å². The number of nitrogens with one attached hydrogen (secondary N) is 1. The van der Waals surface area contributed by atoms with E-state index >= 15 is 0 Å². The van der Waals surface area contributed by atoms with Gasteiger partial charge < -0.3 is 4.42 Å². The maximum Gasteiger partial charge on any atom is 0.284 e. The first-order chi connectivity index (χ1) is 7.31. The van der Waals surface area contributed by atoms with Crippen molar-refractivity contribution in [1.29, 1.82) is 0 Å². The first-order valence-electron chi connectivity index (χ1n) is 4.91. The van der Waals surface area contributed by atoms with Gasteiger partial charge in [-0.05, 0) is 24.2 Å². The Morgan fingerprint density at radius 3 is 2.67 bits per heavy atom. The molecule has 0 amide bonds. The lowest BCUT2D eigenvalue weighted by atomic mass is 9.97. The van der Waals surface area contributed by atoms with Gasteiger partial charge in [-0.25, -0.2) is 5.10 Å². The molecule has 4 heteroatoms. The van der Waals surface area contributed by atoms with Crippen LogP contribution in [0.3, 0.4) is 0 Å². The fourth-order valence-corrected chi connectivity index (χ4v) is 1.76. The topological polar surface area (TPSA) is 41.8 Å². The Balaban J connectivity index is 2.37. The number of nitrogens with zero attached hydrogens (tertiary/aromatic N) is 1. The van der Waals surface area contributed by atoms with Crippen molar-refractivity contribution < 1.29 is 4.42 Å². The summed E-state index contributed by atoms with van der Waals surface area (Å²) in [4.78, 5) is 0.333. The molecule has 0 aliphatic carbocycles. The molecule has 0 radical (unpaired) electrons. The van der Waals surface area contributed by atoms with E-state index in [0.717, 1.165) is 6.42 Å². The molecule has 1 aromatic carbocycles. The molecule has 0 fully saturated rings. The monoisotopic (exact) mass is 220 g/mol. The molecule has 78 valence electrons. The third-order valence-electron chi connectivity index (χ3n) is 2.36. The van der Waals surface area contributed by atoms with Gasteiger partial charge in [-0.1, -0.05) is 37.3 Å². The van der Waals surface area contributed by atoms with Gasteiger partial charge in [0.05, 0.1) is 5.92 Å². The molecule has 0 aliphatic heterocycles. The number of aromatic amines is 1. The molecule has 0 saturated heterocycles. The van der Waals surface area contributed by atoms with Crippen LogP contribution in [0.5, 0.6) is 0 Å². The SMILES string of the molecule is CCC(c1ccccc1)c1n[nH]c(=S)o1. The van der Waals surface area contributed by atoms with E-state index in [1.807, 2.05) is 18.2 Å². The van der Waals surface area contributed by atoms with Gasteiger partial charge >= 0.3 is 0 Å². The Labute approximate surface area is 93.1 Å². The molecule has 1 unspecified atom stereocenters. The molecule has 0 bridgehead atoms. The standard InChI is InChI=1S/C11H12N2OS/c1-2-9(8-6-4-3-5-7-8)10-12-13-11(15)14-10/h3-7,9H,2H2,1H3,(H,13,15). The highest BCUT2D eigenvalue weighted by molar-refractivity contribution is 7.71. The zero-order valence-electron chi connectivity index (χ0n) is 8.43. The maximum atomic E-state index is 5.34. The number of rotatable bonds is 3. The predicted octanol–water partition coefficient (Wildman–Crippen LogP) is 3.27. The van der Waals surface area contributed by atoms with E-state index in [4.69, 9.17) is 16.6 Å². The van der Waals surface area contributed by atoms with Crippen molar-refractivity contribution in [3.05, 3.63) is 46.6 Å². The van der Waals surface area contributed by atoms with Crippen molar-refractivity contribution in [2.24, 2.45) is 0 Å². The van der Waals surface area contributed by atoms with Gasteiger partial charge in [0.25, 0.3) is 4.84 Å². The average Bonchev–Trinajstić information content (AvgIpc) is 2.68. The number of benzene rings is 1. The zero-order chi connectivity index (χ0) is 10.7. The molecule has 0 saturated carbocycles. The zero-order valence-corrected chi connectivity index (χ0v) is 9.25. The largest absolute Gasteiger partial charge is 0.413 e. The average molecular weight is 220 g/mol. The molecule has 3 nitrogen and oxygen atoms in total. The van der Waals surface area contributed by atoms with Crippen LogP contribution in [0, 0.1) is 4.84 Å². The van der Waals surface area contributed by atoms with Crippen LogP contribution in [-0.4, -0.2) is 10.2 Å². The molecule has 2 rings (SSSR count). The van der Waals surface area contributed by atoms with Crippen LogP contribution in [0.2, 0.25) is 0 Å². The van der Waals surface area contributed by atoms with E-state index in [1.165, 1.54) is 5.56 Å². The summed E-state index contributed by atoms with van der Waals surface area (Å²) in [6, 6.07) is 10.2. The first-order valence-corrected chi connectivity index (χ1v) is 5.32. The second-order valence-electron chi connectivity index (χ2n) is 3.32. The summed E-state index contributed by atoms with van der Waals surface area (Å²) in [5.74, 6) is 0.841. The van der Waals surface area contributed by atoms with E-state index in [9.17, 15) is 0 Å². The van der Waals surface area contributed by atoms with Crippen LogP contribution in [0.25, 0.3) is 0 Å². The Hall–Kier alpha value is -1.42. The minimum Gasteiger partial charge on any atom is -0.413 e. The molecule has 1 heterocycles. The molecule has 0 spiro atoms. The van der Waals surface area contributed by atoms with E-state index in [1.54, 1.807) is 0 Å². The Morgan fingerprint density at radius 2 is 2.13 bits per heavy atom. The molecular formula is C11H12N2OS. The fraction of sp³-hybridized carbons (Fsp3) is 0.273. The Bertz CT molecular complexity index is 475. The molecule has 1 atom stereocenters. The third kappa shape index (κ3) is 2.15. The molecule has 0 aliphatic rings. The highest BCUT2D eigenvalue weighted by Crippen LogP contribution is 2.25. The van der Waals surface area contributed by atoms with Gasteiger partial charge in [-0.2, -0.15) is 0 Å². The molecule has 2 aromatic rings. The summed E-state index contributed by atoms with van der Waals surface area (Å²) < 4.78 is 5.34. The third-order valence-corrected chi connectivity index (χ3v) is 2.54. The van der Waals surface area contributed by atoms with Gasteiger partial charge in [-0.15, -0.1) is 5.10 Å². The van der Waals surface area contributed by atoms with Crippen LogP contribution in [0.15, 0.2) is 34.7 Å². The lowest BCUT2D eigenvalue weighted by molar-refractivity contribution is 0.453. The van der Waals surface area contributed by atoms with Gasteiger partial charge in [0, 0.05) is 0 Å². The lowest BCUT2D eigenvalue weighted by Crippen LogP contribution is -1.99. The summed E-state index contributed by atoms with van der Waals surface area (Å²) >= 11 is 4.87. The quantitative estimate of drug-likeness (QED) is 0.807. The Morgan fingerprint density at radius 1 is 1.40 bits per heavy atom. The highest BCUT2D eigenvalue weighted by Gasteiger charge is 2.16. The minimum absolute atomic E-state index is 0.180. The van der Waals surface area contributed by atoms with Crippen LogP contribution >= 0.6 is 12.2 Å². The second-order valence-corrected chi connectivity index (χ2v) is 3.69. The predicted molar refractivity (Wildman–Crippen MR) is 60.3 cm³/mol. The smallest absolute Gasteiger partial charge is 0.284 e. The molecule has 1 N–H and O–H groups in total. The van der Waals surface area contributed by atoms with Crippen molar-refractivity contribution in [2.45, 2.75) is 19.3 Å². The van der Waals surface area contributed by atoms with Crippen LogP contribution in [-0.2, 0) is 0 Å². The number of H-pyrrole nitrogens is 1. The first kappa shape index (κ1) is 10.1. The number of hydrogen-bond donors (Lipinski definition) is 1. The minimum atomic E-state index is 0.180. The summed E-state index contributed by atoms with van der Waals surface area (Å²) in [6.45, 7) is 2.10. The number of hydrogen-bond acceptors (Lipinski definition) is 3. The van der Waals surface area contributed by atoms with E-state index < -0.39 is 0 Å². The van der Waals surface area contributed by atoms with Gasteiger partial charge in [0.15, 0.2) is 0 Å². The Kier molecular flexibility index (Phi) is 2.97. The van der Waals surface area contributed by atoms with Crippen LogP contribution < -0.4 is 0 Å². The van der Waals surface area contributed by atoms with Crippen molar-refractivity contribution in [3.8, 4) is 0 Å². The van der Waals surface area contributed by atoms with Crippen LogP contribution in [0.1, 0.15) is 30.7 Å². The van der Waals surface area contributed by atoms with Gasteiger partial charge in [0.1, 0.15) is 0 Å². The summed E-state index contributed by atoms with van der Waals surface area (Å²) in [5, 5.41) is 6.72. The maximum absolute atomic E-state index is 5.34. The number of aromatic nitrogens is 2. The van der Waals surface area contributed by atoms with E-state index in [2.05, 4.69) is 29.3 Å². The second kappa shape index (κ2) is 4.40. The van der Waals surface area contributed by atoms with Crippen molar-refractivity contribution in [2.75, 3.05) is 0 Å². The van der Waals surface area contributed by atoms with Crippen molar-refractivity contribution >= 4 is 12.2 Å². The lowest BCUT2D eigenvalue weighted by Gasteiger charge is -2.09. The highest BCUT2D eigenvalue weighted by atomic mass is 32.1. The summed E-state index contributed by atoms with van der Waals surface area (Å²) in [7, 11) is 0. The molecule has 15 heavy (non-hydrogen) atoms. The molecule has 1 aromatic heterocycles. The van der Waals surface area contributed by atoms with Crippen molar-refractivity contribution in [1.82, 2.24) is 10.2 Å². The normalized spacial score (nSPS) is 12.6. The van der Waals surface area contributed by atoms with E-state index in [0.29, 0.717) is 10.7 Å². The van der Waals surface area contributed by atoms with Crippen LogP contribution in [0.4, 0.5) is 0 Å². The van der Waals surface area contributed by atoms with Gasteiger partial charge in [0.2, 0.25) is 5.89 Å². The van der Waals surface area contributed by atoms with Gasteiger partial charge in [-0.3, -0.25) is 0 Å². The fourth-order valence-electron chi connectivity index (χ4n) is 1.63. The summed E-state index contributed by atoms with van der Waals surface area (Å²) in [5.41, 5.74) is 1.20. The molecular weight excluding hydrogens is 208 g/mol.